The lowest BCUT2D eigenvalue weighted by Crippen LogP contribution is -2.31. The first kappa shape index (κ1) is 18.1. The smallest absolute Gasteiger partial charge is 0.229 e. The second kappa shape index (κ2) is 8.59. The van der Waals surface area contributed by atoms with E-state index in [-0.39, 0.29) is 5.91 Å². The van der Waals surface area contributed by atoms with Crippen LogP contribution in [0.2, 0.25) is 0 Å². The molecule has 0 unspecified atom stereocenters. The van der Waals surface area contributed by atoms with Crippen molar-refractivity contribution in [2.45, 2.75) is 19.8 Å². The molecule has 0 atom stereocenters. The second-order valence-corrected chi connectivity index (χ2v) is 7.00. The number of benzene rings is 2. The molecule has 0 N–H and O–H groups in total. The van der Waals surface area contributed by atoms with Gasteiger partial charge in [0.05, 0.1) is 5.69 Å². The van der Waals surface area contributed by atoms with E-state index in [1.165, 1.54) is 22.5 Å². The number of carbonyl (C=O) groups is 1. The monoisotopic (exact) mass is 362 g/mol. The van der Waals surface area contributed by atoms with Crippen molar-refractivity contribution >= 4 is 22.4 Å². The van der Waals surface area contributed by atoms with E-state index < -0.39 is 0 Å². The van der Waals surface area contributed by atoms with Crippen molar-refractivity contribution in [1.29, 1.82) is 0 Å². The number of rotatable bonds is 7. The Kier molecular flexibility index (Phi) is 5.97. The summed E-state index contributed by atoms with van der Waals surface area (Å²) in [6.07, 6.45) is 2.93. The van der Waals surface area contributed by atoms with Crippen LogP contribution >= 0.6 is 11.3 Å². The van der Waals surface area contributed by atoms with Crippen molar-refractivity contribution in [2.24, 2.45) is 0 Å². The first-order valence-electron chi connectivity index (χ1n) is 8.65. The van der Waals surface area contributed by atoms with Crippen LogP contribution in [0.3, 0.4) is 0 Å². The Morgan fingerprint density at radius 2 is 2.00 bits per heavy atom. The van der Waals surface area contributed by atoms with Crippen LogP contribution < -0.4 is 4.90 Å². The van der Waals surface area contributed by atoms with Gasteiger partial charge in [0.25, 0.3) is 0 Å². The van der Waals surface area contributed by atoms with Gasteiger partial charge in [-0.25, -0.2) is 4.98 Å². The minimum atomic E-state index is 0.0698. The van der Waals surface area contributed by atoms with E-state index in [1.807, 2.05) is 41.8 Å². The number of nitrogens with zero attached hydrogens (tertiary/aromatic N) is 2. The van der Waals surface area contributed by atoms with E-state index in [0.717, 1.165) is 22.8 Å². The van der Waals surface area contributed by atoms with Crippen molar-refractivity contribution in [3.63, 3.8) is 0 Å². The molecule has 2 aromatic carbocycles. The van der Waals surface area contributed by atoms with Gasteiger partial charge in [-0.1, -0.05) is 66.2 Å². The number of amides is 1. The van der Waals surface area contributed by atoms with Gasteiger partial charge in [0.1, 0.15) is 0 Å². The lowest BCUT2D eigenvalue weighted by atomic mass is 10.1. The number of carbonyl (C=O) groups excluding carboxylic acids is 1. The van der Waals surface area contributed by atoms with Crippen LogP contribution in [-0.4, -0.2) is 17.4 Å². The van der Waals surface area contributed by atoms with E-state index in [1.54, 1.807) is 11.0 Å². The summed E-state index contributed by atoms with van der Waals surface area (Å²) in [5.41, 5.74) is 4.35. The third-order valence-electron chi connectivity index (χ3n) is 4.12. The molecule has 0 radical (unpaired) electrons. The molecule has 3 aromatic rings. The lowest BCUT2D eigenvalue weighted by Gasteiger charge is -2.18. The minimum Gasteiger partial charge on any atom is -0.284 e. The molecule has 4 heteroatoms. The van der Waals surface area contributed by atoms with Gasteiger partial charge >= 0.3 is 0 Å². The quantitative estimate of drug-likeness (QED) is 0.536. The molecular formula is C22H22N2OS. The summed E-state index contributed by atoms with van der Waals surface area (Å²) >= 11 is 1.49. The molecule has 0 bridgehead atoms. The van der Waals surface area contributed by atoms with Gasteiger partial charge in [0.15, 0.2) is 5.13 Å². The Bertz CT molecular complexity index is 886. The number of hydrogen-bond donors (Lipinski definition) is 0. The zero-order valence-corrected chi connectivity index (χ0v) is 15.7. The Morgan fingerprint density at radius 3 is 2.73 bits per heavy atom. The number of aromatic nitrogens is 1. The summed E-state index contributed by atoms with van der Waals surface area (Å²) in [5, 5.41) is 2.71. The molecule has 0 saturated heterocycles. The Balaban J connectivity index is 1.73. The Morgan fingerprint density at radius 1 is 1.19 bits per heavy atom. The third kappa shape index (κ3) is 4.46. The zero-order chi connectivity index (χ0) is 18.4. The van der Waals surface area contributed by atoms with Crippen LogP contribution in [0, 0.1) is 6.92 Å². The van der Waals surface area contributed by atoms with Crippen LogP contribution in [0.15, 0.2) is 72.6 Å². The highest BCUT2D eigenvalue weighted by atomic mass is 32.1. The van der Waals surface area contributed by atoms with Crippen molar-refractivity contribution in [1.82, 2.24) is 4.98 Å². The Hall–Kier alpha value is -2.72. The topological polar surface area (TPSA) is 33.2 Å². The maximum absolute atomic E-state index is 12.8. The fourth-order valence-electron chi connectivity index (χ4n) is 2.80. The van der Waals surface area contributed by atoms with E-state index >= 15 is 0 Å². The first-order valence-corrected chi connectivity index (χ1v) is 9.53. The molecule has 132 valence electrons. The lowest BCUT2D eigenvalue weighted by molar-refractivity contribution is -0.118. The van der Waals surface area contributed by atoms with Gasteiger partial charge in [-0.15, -0.1) is 17.9 Å². The third-order valence-corrected chi connectivity index (χ3v) is 4.98. The van der Waals surface area contributed by atoms with Crippen LogP contribution in [0.4, 0.5) is 5.13 Å². The Labute approximate surface area is 158 Å². The molecule has 0 aliphatic carbocycles. The molecule has 26 heavy (non-hydrogen) atoms. The highest BCUT2D eigenvalue weighted by Crippen LogP contribution is 2.28. The number of thiazole rings is 1. The second-order valence-electron chi connectivity index (χ2n) is 6.16. The standard InChI is InChI=1S/C22H22N2OS/c1-3-14-24(21(25)13-12-18-9-7-8-17(2)15-18)22-23-20(16-26-22)19-10-5-4-6-11-19/h3-11,15-16H,1,12-14H2,2H3. The molecule has 0 aliphatic rings. The fraction of sp³-hybridized carbons (Fsp3) is 0.182. The summed E-state index contributed by atoms with van der Waals surface area (Å²) in [6.45, 7) is 6.32. The highest BCUT2D eigenvalue weighted by Gasteiger charge is 2.18. The van der Waals surface area contributed by atoms with E-state index in [9.17, 15) is 4.79 Å². The maximum Gasteiger partial charge on any atom is 0.229 e. The van der Waals surface area contributed by atoms with Gasteiger partial charge in [0, 0.05) is 23.9 Å². The number of hydrogen-bond acceptors (Lipinski definition) is 3. The number of anilines is 1. The van der Waals surface area contributed by atoms with Gasteiger partial charge in [0.2, 0.25) is 5.91 Å². The van der Waals surface area contributed by atoms with Crippen molar-refractivity contribution in [3.05, 3.63) is 83.8 Å². The van der Waals surface area contributed by atoms with E-state index in [0.29, 0.717) is 13.0 Å². The first-order chi connectivity index (χ1) is 12.7. The molecule has 3 rings (SSSR count). The average molecular weight is 362 g/mol. The van der Waals surface area contributed by atoms with Crippen LogP contribution in [-0.2, 0) is 11.2 Å². The normalized spacial score (nSPS) is 10.5. The molecular weight excluding hydrogens is 340 g/mol. The van der Waals surface area contributed by atoms with Crippen LogP contribution in [0.5, 0.6) is 0 Å². The molecule has 0 spiro atoms. The van der Waals surface area contributed by atoms with Crippen molar-refractivity contribution < 1.29 is 4.79 Å². The fourth-order valence-corrected chi connectivity index (χ4v) is 3.66. The van der Waals surface area contributed by atoms with Crippen molar-refractivity contribution in [3.8, 4) is 11.3 Å². The molecule has 3 nitrogen and oxygen atoms in total. The molecule has 0 aliphatic heterocycles. The molecule has 0 fully saturated rings. The molecule has 1 aromatic heterocycles. The predicted octanol–water partition coefficient (Wildman–Crippen LogP) is 5.27. The molecule has 0 saturated carbocycles. The molecule has 1 heterocycles. The van der Waals surface area contributed by atoms with Crippen LogP contribution in [0.1, 0.15) is 17.5 Å². The molecule has 1 amide bonds. The summed E-state index contributed by atoms with van der Waals surface area (Å²) in [6, 6.07) is 18.3. The van der Waals surface area contributed by atoms with E-state index in [4.69, 9.17) is 0 Å². The van der Waals surface area contributed by atoms with Gasteiger partial charge in [-0.05, 0) is 18.9 Å². The summed E-state index contributed by atoms with van der Waals surface area (Å²) < 4.78 is 0. The summed E-state index contributed by atoms with van der Waals surface area (Å²) in [5.74, 6) is 0.0698. The van der Waals surface area contributed by atoms with Gasteiger partial charge in [-0.3, -0.25) is 9.69 Å². The predicted molar refractivity (Wildman–Crippen MR) is 110 cm³/mol. The van der Waals surface area contributed by atoms with E-state index in [2.05, 4.69) is 36.7 Å². The number of aryl methyl sites for hydroxylation is 2. The minimum absolute atomic E-state index is 0.0698. The largest absolute Gasteiger partial charge is 0.284 e. The van der Waals surface area contributed by atoms with Crippen molar-refractivity contribution in [2.75, 3.05) is 11.4 Å². The highest BCUT2D eigenvalue weighted by molar-refractivity contribution is 7.14. The maximum atomic E-state index is 12.8. The summed E-state index contributed by atoms with van der Waals surface area (Å²) in [7, 11) is 0. The summed E-state index contributed by atoms with van der Waals surface area (Å²) in [4.78, 5) is 19.2. The average Bonchev–Trinajstić information content (AvgIpc) is 3.15. The van der Waals surface area contributed by atoms with Gasteiger partial charge < -0.3 is 0 Å². The van der Waals surface area contributed by atoms with Crippen LogP contribution in [0.25, 0.3) is 11.3 Å². The van der Waals surface area contributed by atoms with Gasteiger partial charge in [-0.2, -0.15) is 0 Å². The SMILES string of the molecule is C=CCN(C(=O)CCc1cccc(C)c1)c1nc(-c2ccccc2)cs1. The zero-order valence-electron chi connectivity index (χ0n) is 14.9.